The average molecular weight is 324 g/mol. The van der Waals surface area contributed by atoms with Crippen molar-refractivity contribution in [1.82, 2.24) is 0 Å². The summed E-state index contributed by atoms with van der Waals surface area (Å²) in [5, 5.41) is 0. The first-order valence-electron chi connectivity index (χ1n) is 7.11. The van der Waals surface area contributed by atoms with Crippen LogP contribution in [0.1, 0.15) is 43.5 Å². The molecule has 0 aliphatic carbocycles. The summed E-state index contributed by atoms with van der Waals surface area (Å²) < 4.78 is 1.04. The van der Waals surface area contributed by atoms with Gasteiger partial charge in [-0.1, -0.05) is 29.8 Å². The topological polar surface area (TPSA) is 20.3 Å². The highest BCUT2D eigenvalue weighted by atomic mass is 79.9. The summed E-state index contributed by atoms with van der Waals surface area (Å²) in [7, 11) is 0. The van der Waals surface area contributed by atoms with Crippen LogP contribution in [0.5, 0.6) is 0 Å². The summed E-state index contributed by atoms with van der Waals surface area (Å²) in [6, 6.07) is 5.90. The molecule has 3 heteroatoms. The first-order chi connectivity index (χ1) is 9.11. The molecule has 1 aliphatic heterocycles. The Kier molecular flexibility index (Phi) is 5.03. The molecule has 0 aromatic heterocycles. The fourth-order valence-electron chi connectivity index (χ4n) is 2.92. The fraction of sp³-hybridized carbons (Fsp3) is 0.562. The molecule has 104 valence electrons. The zero-order valence-corrected chi connectivity index (χ0v) is 13.3. The number of aldehydes is 1. The molecule has 2 rings (SSSR count). The Hall–Kier alpha value is -0.830. The smallest absolute Gasteiger partial charge is 0.152 e. The van der Waals surface area contributed by atoms with Crippen LogP contribution in [-0.2, 0) is 0 Å². The van der Waals surface area contributed by atoms with Crippen molar-refractivity contribution in [3.63, 3.8) is 0 Å². The highest BCUT2D eigenvalue weighted by molar-refractivity contribution is 9.10. The predicted molar refractivity (Wildman–Crippen MR) is 83.9 cm³/mol. The van der Waals surface area contributed by atoms with E-state index in [9.17, 15) is 4.79 Å². The number of rotatable bonds is 3. The van der Waals surface area contributed by atoms with E-state index in [0.717, 1.165) is 46.9 Å². The minimum Gasteiger partial charge on any atom is -0.371 e. The number of halogens is 1. The maximum Gasteiger partial charge on any atom is 0.152 e. The summed E-state index contributed by atoms with van der Waals surface area (Å²) in [4.78, 5) is 13.6. The van der Waals surface area contributed by atoms with Crippen molar-refractivity contribution >= 4 is 27.9 Å². The molecule has 19 heavy (non-hydrogen) atoms. The van der Waals surface area contributed by atoms with Crippen LogP contribution in [0.4, 0.5) is 5.69 Å². The lowest BCUT2D eigenvalue weighted by molar-refractivity contribution is 0.112. The summed E-state index contributed by atoms with van der Waals surface area (Å²) >= 11 is 3.50. The number of carbonyl (C=O) groups is 1. The van der Waals surface area contributed by atoms with Crippen molar-refractivity contribution in [2.24, 2.45) is 11.8 Å². The van der Waals surface area contributed by atoms with Gasteiger partial charge in [0.25, 0.3) is 0 Å². The van der Waals surface area contributed by atoms with Crippen molar-refractivity contribution in [3.05, 3.63) is 28.2 Å². The van der Waals surface area contributed by atoms with Crippen LogP contribution in [-0.4, -0.2) is 19.4 Å². The molecule has 1 heterocycles. The van der Waals surface area contributed by atoms with E-state index >= 15 is 0 Å². The second kappa shape index (κ2) is 6.56. The van der Waals surface area contributed by atoms with Crippen LogP contribution in [0.2, 0.25) is 0 Å². The monoisotopic (exact) mass is 323 g/mol. The van der Waals surface area contributed by atoms with E-state index in [4.69, 9.17) is 0 Å². The molecule has 0 spiro atoms. The van der Waals surface area contributed by atoms with Gasteiger partial charge < -0.3 is 4.90 Å². The number of nitrogens with zero attached hydrogens (tertiary/aromatic N) is 1. The maximum absolute atomic E-state index is 11.2. The summed E-state index contributed by atoms with van der Waals surface area (Å²) in [6.45, 7) is 6.74. The maximum atomic E-state index is 11.2. The zero-order valence-electron chi connectivity index (χ0n) is 11.7. The van der Waals surface area contributed by atoms with E-state index in [1.54, 1.807) is 0 Å². The summed E-state index contributed by atoms with van der Waals surface area (Å²) in [5.41, 5.74) is 1.87. The van der Waals surface area contributed by atoms with E-state index in [2.05, 4.69) is 40.7 Å². The van der Waals surface area contributed by atoms with Gasteiger partial charge in [-0.2, -0.15) is 0 Å². The van der Waals surface area contributed by atoms with E-state index in [1.165, 1.54) is 19.3 Å². The summed E-state index contributed by atoms with van der Waals surface area (Å²) in [6.07, 6.45) is 4.71. The zero-order chi connectivity index (χ0) is 13.8. The lowest BCUT2D eigenvalue weighted by atomic mass is 9.89. The molecule has 0 saturated carbocycles. The van der Waals surface area contributed by atoms with Crippen molar-refractivity contribution in [2.75, 3.05) is 18.0 Å². The minimum absolute atomic E-state index is 0.757. The molecule has 1 unspecified atom stereocenters. The Morgan fingerprint density at radius 1 is 1.32 bits per heavy atom. The van der Waals surface area contributed by atoms with Crippen molar-refractivity contribution in [1.29, 1.82) is 0 Å². The standard InChI is InChI=1S/C16H22BrNO/c1-12(2)13-4-3-8-18(9-7-13)16-10-15(17)6-5-14(16)11-19/h5-6,10-13H,3-4,7-9H2,1-2H3. The molecular weight excluding hydrogens is 302 g/mol. The molecule has 2 nitrogen and oxygen atoms in total. The molecule has 0 N–H and O–H groups in total. The number of carbonyl (C=O) groups excluding carboxylic acids is 1. The quantitative estimate of drug-likeness (QED) is 0.762. The number of anilines is 1. The molecule has 0 radical (unpaired) electrons. The second-order valence-corrected chi connectivity index (χ2v) is 6.66. The van der Waals surface area contributed by atoms with Crippen LogP contribution in [0.15, 0.2) is 22.7 Å². The number of hydrogen-bond donors (Lipinski definition) is 0. The molecule has 1 aromatic carbocycles. The van der Waals surface area contributed by atoms with Gasteiger partial charge in [-0.05, 0) is 49.3 Å². The average Bonchev–Trinajstić information content (AvgIpc) is 2.64. The fourth-order valence-corrected chi connectivity index (χ4v) is 3.27. The van der Waals surface area contributed by atoms with Crippen molar-refractivity contribution in [2.45, 2.75) is 33.1 Å². The SMILES string of the molecule is CC(C)C1CCCN(c2cc(Br)ccc2C=O)CC1. The Balaban J connectivity index is 2.18. The van der Waals surface area contributed by atoms with Gasteiger partial charge in [0.15, 0.2) is 6.29 Å². The van der Waals surface area contributed by atoms with Gasteiger partial charge in [0.05, 0.1) is 0 Å². The van der Waals surface area contributed by atoms with Crippen LogP contribution >= 0.6 is 15.9 Å². The number of benzene rings is 1. The van der Waals surface area contributed by atoms with Crippen molar-refractivity contribution in [3.8, 4) is 0 Å². The Labute approximate surface area is 124 Å². The Bertz CT molecular complexity index is 444. The van der Waals surface area contributed by atoms with Gasteiger partial charge in [-0.3, -0.25) is 4.79 Å². The normalized spacial score (nSPS) is 20.4. The van der Waals surface area contributed by atoms with Gasteiger partial charge >= 0.3 is 0 Å². The lowest BCUT2D eigenvalue weighted by Crippen LogP contribution is -2.25. The van der Waals surface area contributed by atoms with Gasteiger partial charge in [0.1, 0.15) is 0 Å². The molecule has 1 atom stereocenters. The van der Waals surface area contributed by atoms with Gasteiger partial charge in [-0.15, -0.1) is 0 Å². The highest BCUT2D eigenvalue weighted by Gasteiger charge is 2.21. The van der Waals surface area contributed by atoms with E-state index in [1.807, 2.05) is 12.1 Å². The third kappa shape index (κ3) is 3.59. The second-order valence-electron chi connectivity index (χ2n) is 5.74. The van der Waals surface area contributed by atoms with Crippen molar-refractivity contribution < 1.29 is 4.79 Å². The van der Waals surface area contributed by atoms with Crippen LogP contribution < -0.4 is 4.90 Å². The Morgan fingerprint density at radius 3 is 2.79 bits per heavy atom. The van der Waals surface area contributed by atoms with E-state index in [-0.39, 0.29) is 0 Å². The predicted octanol–water partition coefficient (Wildman–Crippen LogP) is 4.52. The van der Waals surface area contributed by atoms with E-state index < -0.39 is 0 Å². The van der Waals surface area contributed by atoms with Gasteiger partial charge in [0, 0.05) is 28.8 Å². The van der Waals surface area contributed by atoms with Crippen LogP contribution in [0.3, 0.4) is 0 Å². The third-order valence-corrected chi connectivity index (χ3v) is 4.67. The molecule has 0 amide bonds. The van der Waals surface area contributed by atoms with Gasteiger partial charge in [-0.25, -0.2) is 0 Å². The first-order valence-corrected chi connectivity index (χ1v) is 7.90. The molecule has 0 bridgehead atoms. The Morgan fingerprint density at radius 2 is 2.11 bits per heavy atom. The van der Waals surface area contributed by atoms with Crippen LogP contribution in [0, 0.1) is 11.8 Å². The molecule has 1 fully saturated rings. The lowest BCUT2D eigenvalue weighted by Gasteiger charge is -2.25. The third-order valence-electron chi connectivity index (χ3n) is 4.18. The largest absolute Gasteiger partial charge is 0.371 e. The van der Waals surface area contributed by atoms with Crippen LogP contribution in [0.25, 0.3) is 0 Å². The van der Waals surface area contributed by atoms with E-state index in [0.29, 0.717) is 0 Å². The molecule has 1 aliphatic rings. The highest BCUT2D eigenvalue weighted by Crippen LogP contribution is 2.30. The molecular formula is C16H22BrNO. The molecule has 1 aromatic rings. The molecule has 1 saturated heterocycles. The van der Waals surface area contributed by atoms with Gasteiger partial charge in [0.2, 0.25) is 0 Å². The first kappa shape index (κ1) is 14.6. The number of hydrogen-bond acceptors (Lipinski definition) is 2. The summed E-state index contributed by atoms with van der Waals surface area (Å²) in [5.74, 6) is 1.57. The minimum atomic E-state index is 0.757.